The largest absolute Gasteiger partial charge is 0.0657 e. The first-order valence-corrected chi connectivity index (χ1v) is 10.0. The first kappa shape index (κ1) is 18.5. The topological polar surface area (TPSA) is 0 Å². The quantitative estimate of drug-likeness (QED) is 0.518. The van der Waals surface area contributed by atoms with E-state index in [-0.39, 0.29) is 7.92 Å². The zero-order valence-corrected chi connectivity index (χ0v) is 17.4. The van der Waals surface area contributed by atoms with Gasteiger partial charge in [0, 0.05) is 0 Å². The fourth-order valence-corrected chi connectivity index (χ4v) is 8.17. The van der Waals surface area contributed by atoms with Crippen molar-refractivity contribution in [2.24, 2.45) is 0 Å². The average Bonchev–Trinajstić information content (AvgIpc) is 2.64. The van der Waals surface area contributed by atoms with Crippen LogP contribution < -0.4 is 5.30 Å². The van der Waals surface area contributed by atoms with Crippen LogP contribution in [-0.2, 0) is 0 Å². The Morgan fingerprint density at radius 2 is 1.30 bits per heavy atom. The van der Waals surface area contributed by atoms with E-state index in [2.05, 4.69) is 86.6 Å². The molecular formula is C22H33P. The lowest BCUT2D eigenvalue weighted by Crippen LogP contribution is -2.32. The van der Waals surface area contributed by atoms with Crippen LogP contribution in [0, 0.1) is 0 Å². The Morgan fingerprint density at radius 3 is 1.74 bits per heavy atom. The van der Waals surface area contributed by atoms with Crippen LogP contribution >= 0.6 is 7.92 Å². The maximum Gasteiger partial charge on any atom is -0.00552 e. The van der Waals surface area contributed by atoms with Gasteiger partial charge in [-0.05, 0) is 65.1 Å². The fourth-order valence-electron chi connectivity index (χ4n) is 4.03. The number of benzene rings is 1. The maximum absolute atomic E-state index is 2.41. The van der Waals surface area contributed by atoms with Crippen molar-refractivity contribution < 1.29 is 0 Å². The molecule has 0 saturated carbocycles. The van der Waals surface area contributed by atoms with E-state index in [0.29, 0.717) is 10.3 Å². The summed E-state index contributed by atoms with van der Waals surface area (Å²) in [6, 6.07) is 9.18. The number of rotatable bonds is 2. The SMILES string of the molecule is CC1=C(C)C(C)=C(c2ccccc2P(C(C)(C)C)C(C)(C)C)C1. The summed E-state index contributed by atoms with van der Waals surface area (Å²) in [6.45, 7) is 21.3. The summed E-state index contributed by atoms with van der Waals surface area (Å²) in [4.78, 5) is 0. The molecule has 23 heavy (non-hydrogen) atoms. The minimum atomic E-state index is -0.275. The molecule has 0 unspecified atom stereocenters. The van der Waals surface area contributed by atoms with Crippen molar-refractivity contribution in [3.8, 4) is 0 Å². The number of hydrogen-bond donors (Lipinski definition) is 0. The van der Waals surface area contributed by atoms with Gasteiger partial charge < -0.3 is 0 Å². The summed E-state index contributed by atoms with van der Waals surface area (Å²) in [5.74, 6) is 0. The highest BCUT2D eigenvalue weighted by Gasteiger charge is 2.37. The highest BCUT2D eigenvalue weighted by atomic mass is 31.1. The van der Waals surface area contributed by atoms with Gasteiger partial charge in [0.15, 0.2) is 0 Å². The maximum atomic E-state index is 2.41. The van der Waals surface area contributed by atoms with Gasteiger partial charge in [-0.3, -0.25) is 0 Å². The van der Waals surface area contributed by atoms with Crippen molar-refractivity contribution in [2.45, 2.75) is 79.0 Å². The van der Waals surface area contributed by atoms with Gasteiger partial charge in [0.2, 0.25) is 0 Å². The van der Waals surface area contributed by atoms with E-state index in [0.717, 1.165) is 6.42 Å². The third kappa shape index (κ3) is 3.63. The summed E-state index contributed by atoms with van der Waals surface area (Å²) >= 11 is 0. The molecule has 0 bridgehead atoms. The van der Waals surface area contributed by atoms with Crippen LogP contribution in [0.2, 0.25) is 0 Å². The molecule has 0 radical (unpaired) electrons. The minimum Gasteiger partial charge on any atom is -0.0657 e. The van der Waals surface area contributed by atoms with Crippen molar-refractivity contribution in [1.82, 2.24) is 0 Å². The van der Waals surface area contributed by atoms with Gasteiger partial charge in [0.05, 0.1) is 0 Å². The van der Waals surface area contributed by atoms with Crippen LogP contribution in [0.15, 0.2) is 41.0 Å². The average molecular weight is 328 g/mol. The molecule has 1 heteroatoms. The van der Waals surface area contributed by atoms with Crippen LogP contribution in [0.5, 0.6) is 0 Å². The lowest BCUT2D eigenvalue weighted by atomic mass is 10.0. The van der Waals surface area contributed by atoms with Gasteiger partial charge >= 0.3 is 0 Å². The van der Waals surface area contributed by atoms with Crippen LogP contribution in [0.3, 0.4) is 0 Å². The molecule has 0 aliphatic heterocycles. The molecule has 0 fully saturated rings. The van der Waals surface area contributed by atoms with E-state index in [9.17, 15) is 0 Å². The van der Waals surface area contributed by atoms with Crippen molar-refractivity contribution in [2.75, 3.05) is 0 Å². The molecule has 0 saturated heterocycles. The summed E-state index contributed by atoms with van der Waals surface area (Å²) in [5, 5.41) is 2.18. The molecular weight excluding hydrogens is 295 g/mol. The zero-order chi connectivity index (χ0) is 17.6. The predicted octanol–water partition coefficient (Wildman–Crippen LogP) is 6.90. The Hall–Kier alpha value is -0.870. The first-order chi connectivity index (χ1) is 10.4. The van der Waals surface area contributed by atoms with Crippen LogP contribution in [0.4, 0.5) is 0 Å². The number of hydrogen-bond acceptors (Lipinski definition) is 0. The molecule has 1 aliphatic carbocycles. The fraction of sp³-hybridized carbons (Fsp3) is 0.545. The van der Waals surface area contributed by atoms with Crippen molar-refractivity contribution in [3.63, 3.8) is 0 Å². The van der Waals surface area contributed by atoms with Gasteiger partial charge in [-0.25, -0.2) is 0 Å². The summed E-state index contributed by atoms with van der Waals surface area (Å²) in [7, 11) is -0.275. The molecule has 126 valence electrons. The highest BCUT2D eigenvalue weighted by molar-refractivity contribution is 7.68. The summed E-state index contributed by atoms with van der Waals surface area (Å²) in [6.07, 6.45) is 1.12. The Labute approximate surface area is 144 Å². The molecule has 0 atom stereocenters. The monoisotopic (exact) mass is 328 g/mol. The normalized spacial score (nSPS) is 16.8. The lowest BCUT2D eigenvalue weighted by molar-refractivity contribution is 0.714. The van der Waals surface area contributed by atoms with Crippen LogP contribution in [0.1, 0.15) is 74.3 Å². The van der Waals surface area contributed by atoms with Crippen molar-refractivity contribution in [3.05, 3.63) is 46.5 Å². The van der Waals surface area contributed by atoms with Gasteiger partial charge in [0.1, 0.15) is 0 Å². The molecule has 0 aromatic heterocycles. The first-order valence-electron chi connectivity index (χ1n) is 8.71. The van der Waals surface area contributed by atoms with Crippen LogP contribution in [-0.4, -0.2) is 10.3 Å². The molecule has 1 aliphatic rings. The Kier molecular flexibility index (Phi) is 4.99. The highest BCUT2D eigenvalue weighted by Crippen LogP contribution is 2.59. The summed E-state index contributed by atoms with van der Waals surface area (Å²) < 4.78 is 0. The molecule has 2 rings (SSSR count). The second-order valence-corrected chi connectivity index (χ2v) is 12.7. The molecule has 0 amide bonds. The van der Waals surface area contributed by atoms with E-state index in [1.165, 1.54) is 22.3 Å². The standard InChI is InChI=1S/C22H33P/c1-15-14-19(17(3)16(15)2)18-12-10-11-13-20(18)23(21(4,5)6)22(7,8)9/h10-13H,14H2,1-9H3. The lowest BCUT2D eigenvalue weighted by Gasteiger charge is -2.43. The Morgan fingerprint density at radius 1 is 0.783 bits per heavy atom. The van der Waals surface area contributed by atoms with Gasteiger partial charge in [-0.2, -0.15) is 0 Å². The Balaban J connectivity index is 2.64. The van der Waals surface area contributed by atoms with Crippen molar-refractivity contribution >= 4 is 18.8 Å². The van der Waals surface area contributed by atoms with Gasteiger partial charge in [-0.15, -0.1) is 0 Å². The van der Waals surface area contributed by atoms with Crippen LogP contribution in [0.25, 0.3) is 5.57 Å². The van der Waals surface area contributed by atoms with E-state index < -0.39 is 0 Å². The zero-order valence-electron chi connectivity index (χ0n) is 16.5. The van der Waals surface area contributed by atoms with E-state index in [1.807, 2.05) is 0 Å². The Bertz CT molecular complexity index is 646. The third-order valence-corrected chi connectivity index (χ3v) is 8.46. The predicted molar refractivity (Wildman–Crippen MR) is 108 cm³/mol. The molecule has 0 heterocycles. The molecule has 0 spiro atoms. The molecule has 1 aromatic carbocycles. The van der Waals surface area contributed by atoms with Gasteiger partial charge in [0.25, 0.3) is 0 Å². The smallest absolute Gasteiger partial charge is 0.00552 e. The van der Waals surface area contributed by atoms with E-state index in [4.69, 9.17) is 0 Å². The summed E-state index contributed by atoms with van der Waals surface area (Å²) in [5.41, 5.74) is 7.57. The second kappa shape index (κ2) is 6.21. The minimum absolute atomic E-state index is 0.275. The van der Waals surface area contributed by atoms with E-state index >= 15 is 0 Å². The number of allylic oxidation sites excluding steroid dienone is 4. The molecule has 0 nitrogen and oxygen atoms in total. The van der Waals surface area contributed by atoms with E-state index in [1.54, 1.807) is 10.9 Å². The third-order valence-electron chi connectivity index (χ3n) is 4.91. The molecule has 1 aromatic rings. The van der Waals surface area contributed by atoms with Gasteiger partial charge in [-0.1, -0.05) is 79.3 Å². The van der Waals surface area contributed by atoms with Crippen molar-refractivity contribution in [1.29, 1.82) is 0 Å². The molecule has 0 N–H and O–H groups in total. The second-order valence-electron chi connectivity index (χ2n) is 8.88.